The molecule has 2 aliphatic heterocycles. The molecule has 12 nitrogen and oxygen atoms in total. The molecule has 36 heavy (non-hydrogen) atoms. The molecule has 4 atom stereocenters. The van der Waals surface area contributed by atoms with Crippen LogP contribution in [0.2, 0.25) is 0 Å². The summed E-state index contributed by atoms with van der Waals surface area (Å²) in [6, 6.07) is 0. The lowest BCUT2D eigenvalue weighted by Crippen LogP contribution is -2.33. The number of phosphoric ester groups is 1. The number of nitrogens with one attached hydrogen (secondary N) is 1. The number of ether oxygens (including phenoxy) is 2. The van der Waals surface area contributed by atoms with Crippen molar-refractivity contribution in [1.29, 1.82) is 0 Å². The van der Waals surface area contributed by atoms with Gasteiger partial charge in [0.05, 0.1) is 31.6 Å². The van der Waals surface area contributed by atoms with Crippen LogP contribution in [0.1, 0.15) is 46.3 Å². The lowest BCUT2D eigenvalue weighted by atomic mass is 9.97. The average molecular weight is 562 g/mol. The van der Waals surface area contributed by atoms with E-state index in [4.69, 9.17) is 41.0 Å². The maximum Gasteiger partial charge on any atom is 0.475 e. The molecule has 2 saturated heterocycles. The van der Waals surface area contributed by atoms with E-state index in [2.05, 4.69) is 15.0 Å². The third kappa shape index (κ3) is 6.36. The molecular formula is C21H32N5O7PS2. The van der Waals surface area contributed by atoms with Crippen LogP contribution in [0.3, 0.4) is 0 Å². The van der Waals surface area contributed by atoms with Crippen LogP contribution in [-0.4, -0.2) is 69.0 Å². The molecule has 1 unspecified atom stereocenters. The number of hydrogen-bond donors (Lipinski definition) is 2. The normalized spacial score (nSPS) is 26.4. The number of phosphoric acid groups is 1. The summed E-state index contributed by atoms with van der Waals surface area (Å²) in [7, 11) is -3.74. The predicted molar refractivity (Wildman–Crippen MR) is 137 cm³/mol. The molecule has 0 amide bonds. The summed E-state index contributed by atoms with van der Waals surface area (Å²) in [6.45, 7) is 7.00. The zero-order valence-electron chi connectivity index (χ0n) is 20.5. The van der Waals surface area contributed by atoms with Gasteiger partial charge in [0.1, 0.15) is 29.6 Å². The van der Waals surface area contributed by atoms with Gasteiger partial charge in [-0.25, -0.2) is 14.5 Å². The van der Waals surface area contributed by atoms with Crippen LogP contribution in [0.15, 0.2) is 6.33 Å². The van der Waals surface area contributed by atoms with Crippen LogP contribution >= 0.6 is 31.8 Å². The smallest absolute Gasteiger partial charge is 0.380 e. The van der Waals surface area contributed by atoms with E-state index in [0.29, 0.717) is 47.6 Å². The first kappa shape index (κ1) is 27.6. The fourth-order valence-corrected chi connectivity index (χ4v) is 6.44. The number of aromatic amines is 1. The molecule has 0 spiro atoms. The minimum absolute atomic E-state index is 0.0531. The molecular weight excluding hydrogens is 529 g/mol. The molecule has 2 fully saturated rings. The van der Waals surface area contributed by atoms with Crippen molar-refractivity contribution < 1.29 is 32.4 Å². The number of nitrogens with two attached hydrogens (primary N) is 1. The maximum atomic E-state index is 13.0. The number of hydrogen-bond acceptors (Lipinski definition) is 12. The van der Waals surface area contributed by atoms with Crippen LogP contribution < -0.4 is 5.73 Å². The molecule has 0 aromatic carbocycles. The summed E-state index contributed by atoms with van der Waals surface area (Å²) in [4.78, 5) is 23.7. The maximum absolute atomic E-state index is 13.0. The first-order valence-corrected chi connectivity index (χ1v) is 14.7. The zero-order chi connectivity index (χ0) is 25.9. The van der Waals surface area contributed by atoms with E-state index >= 15 is 0 Å². The van der Waals surface area contributed by atoms with Gasteiger partial charge in [-0.1, -0.05) is 30.9 Å². The van der Waals surface area contributed by atoms with Crippen LogP contribution in [-0.2, 0) is 32.4 Å². The van der Waals surface area contributed by atoms with Crippen molar-refractivity contribution in [3.05, 3.63) is 11.0 Å². The van der Waals surface area contributed by atoms with Gasteiger partial charge < -0.3 is 20.2 Å². The van der Waals surface area contributed by atoms with Crippen LogP contribution in [0.25, 0.3) is 11.2 Å². The lowest BCUT2D eigenvalue weighted by Gasteiger charge is -2.29. The van der Waals surface area contributed by atoms with E-state index in [9.17, 15) is 9.36 Å². The summed E-state index contributed by atoms with van der Waals surface area (Å²) < 4.78 is 43.3. The molecule has 4 rings (SSSR count). The highest BCUT2D eigenvalue weighted by Crippen LogP contribution is 2.56. The molecule has 0 bridgehead atoms. The van der Waals surface area contributed by atoms with E-state index in [1.165, 1.54) is 11.8 Å². The molecule has 200 valence electrons. The Labute approximate surface area is 218 Å². The molecule has 15 heteroatoms. The highest BCUT2D eigenvalue weighted by atomic mass is 32.2. The van der Waals surface area contributed by atoms with Gasteiger partial charge in [-0.15, -0.1) is 0 Å². The summed E-state index contributed by atoms with van der Waals surface area (Å²) >= 11 is 6.44. The van der Waals surface area contributed by atoms with Crippen LogP contribution in [0, 0.1) is 10.1 Å². The Morgan fingerprint density at radius 3 is 3.00 bits per heavy atom. The van der Waals surface area contributed by atoms with Crippen molar-refractivity contribution in [3.63, 3.8) is 0 Å². The predicted octanol–water partition coefficient (Wildman–Crippen LogP) is 4.00. The molecule has 0 radical (unpaired) electrons. The second-order valence-electron chi connectivity index (χ2n) is 9.29. The number of fused-ring (bicyclic) bond motifs is 2. The third-order valence-corrected chi connectivity index (χ3v) is 8.84. The molecule has 0 aliphatic carbocycles. The Balaban J connectivity index is 1.25. The summed E-state index contributed by atoms with van der Waals surface area (Å²) in [6.07, 6.45) is 2.10. The second-order valence-corrected chi connectivity index (χ2v) is 12.4. The number of nitrogen functional groups attached to an aromatic ring is 1. The van der Waals surface area contributed by atoms with Crippen LogP contribution in [0.4, 0.5) is 5.95 Å². The number of nitrogens with zero attached hydrogens (tertiary/aromatic N) is 3. The first-order chi connectivity index (χ1) is 17.1. The van der Waals surface area contributed by atoms with E-state index in [0.717, 1.165) is 6.42 Å². The molecule has 2 aromatic rings. The van der Waals surface area contributed by atoms with Crippen molar-refractivity contribution in [2.24, 2.45) is 5.41 Å². The number of imidazole rings is 1. The highest BCUT2D eigenvalue weighted by Gasteiger charge is 2.48. The average Bonchev–Trinajstić information content (AvgIpc) is 3.42. The Hall–Kier alpha value is -1.38. The summed E-state index contributed by atoms with van der Waals surface area (Å²) in [5.74, 6) is 0.704. The number of thioether (sulfide) groups is 1. The SMILES string of the molecule is CCCOCC(C)(C)C(=O)SCCCOP1(=O)OC[C@H]2O[C@@H](n3cnc4c(=S)nc(N)[nH]c43)C[C@@H]2O1. The van der Waals surface area contributed by atoms with Crippen molar-refractivity contribution in [2.75, 3.05) is 37.9 Å². The Kier molecular flexibility index (Phi) is 8.88. The zero-order valence-corrected chi connectivity index (χ0v) is 23.0. The van der Waals surface area contributed by atoms with Crippen LogP contribution in [0.5, 0.6) is 0 Å². The van der Waals surface area contributed by atoms with Gasteiger partial charge in [0.15, 0.2) is 15.7 Å². The fraction of sp³-hybridized carbons (Fsp3) is 0.714. The van der Waals surface area contributed by atoms with E-state index in [1.807, 2.05) is 20.8 Å². The molecule has 2 aliphatic rings. The van der Waals surface area contributed by atoms with Gasteiger partial charge in [-0.05, 0) is 26.7 Å². The Bertz CT molecular complexity index is 1190. The second kappa shape index (κ2) is 11.6. The van der Waals surface area contributed by atoms with Gasteiger partial charge in [0.2, 0.25) is 0 Å². The third-order valence-electron chi connectivity index (χ3n) is 5.75. The summed E-state index contributed by atoms with van der Waals surface area (Å²) in [5, 5.41) is 0.0531. The van der Waals surface area contributed by atoms with Gasteiger partial charge >= 0.3 is 7.82 Å². The number of anilines is 1. The van der Waals surface area contributed by atoms with Crippen molar-refractivity contribution in [3.8, 4) is 0 Å². The minimum atomic E-state index is -3.74. The Morgan fingerprint density at radius 2 is 2.22 bits per heavy atom. The van der Waals surface area contributed by atoms with Gasteiger partial charge in [0, 0.05) is 18.8 Å². The van der Waals surface area contributed by atoms with E-state index in [-0.39, 0.29) is 24.3 Å². The molecule has 3 N–H and O–H groups in total. The lowest BCUT2D eigenvalue weighted by molar-refractivity contribution is -0.121. The molecule has 4 heterocycles. The number of carbonyl (C=O) groups excluding carboxylic acids is 1. The topological polar surface area (TPSA) is 153 Å². The quantitative estimate of drug-likeness (QED) is 0.232. The highest BCUT2D eigenvalue weighted by molar-refractivity contribution is 8.13. The standard InChI is InChI=1S/C21H32N5O7PS2/c1-4-6-29-11-21(2,3)19(27)36-8-5-7-30-34(28)31-10-14-13(33-34)9-15(32-14)26-12-23-16-17(26)24-20(22)25-18(16)35/h12-15H,4-11H2,1-3H3,(H3,22,24,25,35)/t13-,14+,15+,34?/m0/s1. The van der Waals surface area contributed by atoms with Crippen molar-refractivity contribution >= 4 is 54.0 Å². The van der Waals surface area contributed by atoms with Crippen molar-refractivity contribution in [1.82, 2.24) is 19.5 Å². The number of rotatable bonds is 11. The number of carbonyl (C=O) groups is 1. The van der Waals surface area contributed by atoms with E-state index in [1.54, 1.807) is 10.9 Å². The number of H-pyrrole nitrogens is 1. The van der Waals surface area contributed by atoms with E-state index < -0.39 is 31.7 Å². The van der Waals surface area contributed by atoms with Gasteiger partial charge in [-0.2, -0.15) is 0 Å². The molecule has 2 aromatic heterocycles. The van der Waals surface area contributed by atoms with Gasteiger partial charge in [0.25, 0.3) is 0 Å². The first-order valence-electron chi connectivity index (χ1n) is 11.8. The minimum Gasteiger partial charge on any atom is -0.380 e. The van der Waals surface area contributed by atoms with Crippen molar-refractivity contribution in [2.45, 2.75) is 58.5 Å². The number of aromatic nitrogens is 4. The monoisotopic (exact) mass is 561 g/mol. The largest absolute Gasteiger partial charge is 0.475 e. The fourth-order valence-electron chi connectivity index (χ4n) is 3.86. The Morgan fingerprint density at radius 1 is 1.42 bits per heavy atom. The van der Waals surface area contributed by atoms with Gasteiger partial charge in [-0.3, -0.25) is 22.9 Å². The molecule has 0 saturated carbocycles. The summed E-state index contributed by atoms with van der Waals surface area (Å²) in [5.41, 5.74) is 6.33.